The number of rotatable bonds is 28. The lowest BCUT2D eigenvalue weighted by atomic mass is 9.71. The summed E-state index contributed by atoms with van der Waals surface area (Å²) in [6.45, 7) is 24.0. The highest BCUT2D eigenvalue weighted by Crippen LogP contribution is 2.47. The number of hydrogen-bond donors (Lipinski definition) is 4. The van der Waals surface area contributed by atoms with Gasteiger partial charge in [0.2, 0.25) is 23.6 Å². The molecular formula is C93H123Cl4F7N4O15S6. The Labute approximate surface area is 782 Å². The molecule has 0 bridgehead atoms. The van der Waals surface area contributed by atoms with Gasteiger partial charge in [0.25, 0.3) is 0 Å². The molecule has 2 atom stereocenters. The van der Waals surface area contributed by atoms with Gasteiger partial charge in [0.15, 0.2) is 55.0 Å². The molecule has 10 rings (SSSR count). The number of alkyl halides is 6. The van der Waals surface area contributed by atoms with Gasteiger partial charge in [-0.1, -0.05) is 150 Å². The quantitative estimate of drug-likeness (QED) is 0.0262. The van der Waals surface area contributed by atoms with E-state index in [4.69, 9.17) is 46.4 Å². The van der Waals surface area contributed by atoms with Crippen LogP contribution in [0.5, 0.6) is 0 Å². The summed E-state index contributed by atoms with van der Waals surface area (Å²) in [7, 11) is -19.0. The number of Topliss-reactive ketones (excluding diaryl/α,β-unsaturated/α-hetero) is 1. The van der Waals surface area contributed by atoms with Gasteiger partial charge >= 0.3 is 12.4 Å². The van der Waals surface area contributed by atoms with E-state index in [1.54, 1.807) is 0 Å². The average Bonchev–Trinajstić information content (AvgIpc) is 0.730. The van der Waals surface area contributed by atoms with Crippen molar-refractivity contribution in [2.24, 2.45) is 23.2 Å². The van der Waals surface area contributed by atoms with Crippen LogP contribution in [0.4, 0.5) is 30.7 Å². The van der Waals surface area contributed by atoms with Gasteiger partial charge in [-0.05, 0) is 295 Å². The molecule has 129 heavy (non-hydrogen) atoms. The zero-order valence-electron chi connectivity index (χ0n) is 75.4. The first-order valence-electron chi connectivity index (χ1n) is 43.0. The van der Waals surface area contributed by atoms with Gasteiger partial charge in [-0.15, -0.1) is 0 Å². The minimum Gasteiger partial charge on any atom is -0.355 e. The van der Waals surface area contributed by atoms with Crippen molar-refractivity contribution < 1.29 is 96.8 Å². The Morgan fingerprint density at radius 2 is 0.860 bits per heavy atom. The number of aryl methyl sites for hydroxylation is 1. The first-order valence-corrected chi connectivity index (χ1v) is 52.9. The number of carbonyl (C=O) groups excluding carboxylic acids is 5. The molecule has 4 aliphatic rings. The number of amides is 4. The van der Waals surface area contributed by atoms with Crippen molar-refractivity contribution in [2.45, 2.75) is 304 Å². The number of sulfone groups is 5. The van der Waals surface area contributed by atoms with E-state index < -0.39 is 133 Å². The summed E-state index contributed by atoms with van der Waals surface area (Å²) in [6, 6.07) is 34.7. The van der Waals surface area contributed by atoms with E-state index in [0.717, 1.165) is 95.3 Å². The van der Waals surface area contributed by atoms with E-state index in [1.165, 1.54) is 158 Å². The van der Waals surface area contributed by atoms with Crippen molar-refractivity contribution in [3.05, 3.63) is 188 Å². The Morgan fingerprint density at radius 3 is 1.26 bits per heavy atom. The second kappa shape index (κ2) is 45.8. The molecule has 19 nitrogen and oxygen atoms in total. The van der Waals surface area contributed by atoms with Gasteiger partial charge in [-0.25, -0.2) is 46.5 Å². The molecule has 0 heterocycles. The molecule has 4 saturated carbocycles. The Kier molecular flexibility index (Phi) is 39.5. The third kappa shape index (κ3) is 29.6. The summed E-state index contributed by atoms with van der Waals surface area (Å²) in [6.07, 6.45) is 5.30. The molecule has 36 heteroatoms. The van der Waals surface area contributed by atoms with Gasteiger partial charge in [-0.2, -0.15) is 38.1 Å². The third-order valence-electron chi connectivity index (χ3n) is 24.3. The fraction of sp³-hybridized carbons (Fsp3) is 0.559. The molecule has 0 saturated heterocycles. The summed E-state index contributed by atoms with van der Waals surface area (Å²) in [4.78, 5) is 63.0. The fourth-order valence-electron chi connectivity index (χ4n) is 15.2. The largest absolute Gasteiger partial charge is 0.419 e. The van der Waals surface area contributed by atoms with E-state index in [1.807, 2.05) is 42.1 Å². The lowest BCUT2D eigenvalue weighted by Crippen LogP contribution is -2.55. The highest BCUT2D eigenvalue weighted by molar-refractivity contribution is 8.00. The molecule has 0 spiro atoms. The SMILES string of the molecule is CC(C)(C(=O)NCC1CCCC(C(F)(F)F)C1)S(=O)(=O)c1ccc(Cl)cc1.CC(C)(C(=O)NCCCc1ccccc1)S(=O)(=O)c1ccc(Cl)cc1.CC(C)(C(=O)NCc1ccc(F)c(C(F)(F)F)c1)S(=O)(=O)c1ccc(Cl)cc1.CC(C)(C)C1CCC(NC(=O)C(C)(C)S(=O)(=O)c2ccc(Cl)cc2)CC1.CC(C)(C)SCCCC(=O)C1(S(=O)(=O)C2CCCCC2)CCC1. The fourth-order valence-corrected chi connectivity index (χ4v) is 25.1. The zero-order valence-corrected chi connectivity index (χ0v) is 83.4. The van der Waals surface area contributed by atoms with E-state index in [0.29, 0.717) is 76.8 Å². The summed E-state index contributed by atoms with van der Waals surface area (Å²) >= 11 is 25.0. The molecule has 4 amide bonds. The molecule has 4 N–H and O–H groups in total. The van der Waals surface area contributed by atoms with Crippen LogP contribution in [-0.4, -0.2) is 136 Å². The normalized spacial score (nSPS) is 18.1. The van der Waals surface area contributed by atoms with Gasteiger partial charge in [0, 0.05) is 56.9 Å². The minimum absolute atomic E-state index is 0.00355. The van der Waals surface area contributed by atoms with Crippen LogP contribution in [0.2, 0.25) is 20.1 Å². The van der Waals surface area contributed by atoms with Crippen molar-refractivity contribution in [1.82, 2.24) is 21.3 Å². The smallest absolute Gasteiger partial charge is 0.355 e. The van der Waals surface area contributed by atoms with Gasteiger partial charge in [0.1, 0.15) is 29.6 Å². The number of ketones is 1. The first-order chi connectivity index (χ1) is 59.4. The van der Waals surface area contributed by atoms with E-state index in [9.17, 15) is 96.8 Å². The maximum absolute atomic E-state index is 13.3. The predicted molar refractivity (Wildman–Crippen MR) is 499 cm³/mol. The molecule has 718 valence electrons. The number of carbonyl (C=O) groups is 5. The highest BCUT2D eigenvalue weighted by Gasteiger charge is 2.57. The maximum atomic E-state index is 13.3. The van der Waals surface area contributed by atoms with Crippen molar-refractivity contribution in [3.8, 4) is 0 Å². The number of hydrogen-bond acceptors (Lipinski definition) is 16. The van der Waals surface area contributed by atoms with Gasteiger partial charge in [-0.3, -0.25) is 24.0 Å². The molecule has 4 fully saturated rings. The van der Waals surface area contributed by atoms with Crippen molar-refractivity contribution in [1.29, 1.82) is 0 Å². The molecule has 6 aromatic rings. The van der Waals surface area contributed by atoms with Crippen LogP contribution >= 0.6 is 58.2 Å². The van der Waals surface area contributed by atoms with Crippen LogP contribution < -0.4 is 21.3 Å². The molecule has 4 aliphatic carbocycles. The number of halogens is 11. The second-order valence-corrected chi connectivity index (χ2v) is 53.4. The summed E-state index contributed by atoms with van der Waals surface area (Å²) in [5.74, 6) is -4.13. The standard InChI is InChI=1S/C20H30ClNO3S.C19H22ClNO3S.C18H16ClF4NO3S.C18H23ClF3NO3S.C18H32O3S2/c1-19(2,3)14-6-10-16(11-7-14)22-18(23)20(4,5)26(24,25)17-12-8-15(21)9-13-17;1-19(2,25(23,24)17-12-10-16(20)11-13-17)18(22)21-14-6-9-15-7-4-3-5-8-15;1-17(2,28(26,27)13-6-4-12(19)5-7-13)16(25)24-10-11-3-8-15(20)14(9-11)18(21,22)23;1-17(2,27(25,26)15-8-6-14(19)7-9-15)16(24)23-11-12-4-3-5-13(10-12)18(20,21)22;1-17(2,3)22-14-7-11-16(19)18(12-8-13-18)23(20,21)15-9-5-4-6-10-15/h8-9,12-14,16H,6-7,10-11H2,1-5H3,(H,22,23);3-5,7-8,10-13H,6,9,14H2,1-2H3,(H,21,22);3-9H,10H2,1-2H3,(H,24,25);6-9,12-13H,3-5,10-11H2,1-2H3,(H,23,24);15H,4-14H2,1-3H3. The van der Waals surface area contributed by atoms with Crippen molar-refractivity contribution in [3.63, 3.8) is 0 Å². The molecule has 0 radical (unpaired) electrons. The molecule has 0 aromatic heterocycles. The monoisotopic (exact) mass is 2000 g/mol. The second-order valence-electron chi connectivity index (χ2n) is 37.2. The number of nitrogens with one attached hydrogen (secondary N) is 4. The average molecular weight is 2000 g/mol. The van der Waals surface area contributed by atoms with Crippen LogP contribution in [0.15, 0.2) is 165 Å². The Hall–Kier alpha value is -6.36. The Morgan fingerprint density at radius 1 is 0.442 bits per heavy atom. The van der Waals surface area contributed by atoms with Crippen LogP contribution in [0.3, 0.4) is 0 Å². The van der Waals surface area contributed by atoms with Crippen LogP contribution in [0.1, 0.15) is 236 Å². The molecular weight excluding hydrogens is 1880 g/mol. The third-order valence-corrected chi connectivity index (χ3v) is 39.4. The number of thioether (sulfide) groups is 1. The molecule has 6 aromatic carbocycles. The van der Waals surface area contributed by atoms with E-state index in [2.05, 4.69) is 62.8 Å². The molecule has 2 unspecified atom stereocenters. The molecule has 0 aliphatic heterocycles. The van der Waals surface area contributed by atoms with Crippen molar-refractivity contribution >= 4 is 137 Å². The Bertz CT molecular complexity index is 5370. The maximum Gasteiger partial charge on any atom is 0.419 e. The summed E-state index contributed by atoms with van der Waals surface area (Å²) < 4.78 is 211. The highest BCUT2D eigenvalue weighted by atomic mass is 35.5. The van der Waals surface area contributed by atoms with Gasteiger partial charge in [0.05, 0.1) is 36.3 Å². The Balaban J connectivity index is 0.000000249. The van der Waals surface area contributed by atoms with Crippen molar-refractivity contribution in [2.75, 3.05) is 18.8 Å². The van der Waals surface area contributed by atoms with Crippen LogP contribution in [0.25, 0.3) is 0 Å². The van der Waals surface area contributed by atoms with Crippen LogP contribution in [0, 0.1) is 29.0 Å². The summed E-state index contributed by atoms with van der Waals surface area (Å²) in [5.41, 5.74) is -0.0366. The van der Waals surface area contributed by atoms with E-state index >= 15 is 0 Å². The summed E-state index contributed by atoms with van der Waals surface area (Å²) in [5, 5.41) is 11.9. The predicted octanol–water partition coefficient (Wildman–Crippen LogP) is 21.5. The van der Waals surface area contributed by atoms with Crippen LogP contribution in [-0.2, 0) is 92.3 Å². The van der Waals surface area contributed by atoms with E-state index in [-0.39, 0.29) is 77.7 Å². The zero-order chi connectivity index (χ0) is 97.2. The first kappa shape index (κ1) is 111. The lowest BCUT2D eigenvalue weighted by molar-refractivity contribution is -0.185. The lowest BCUT2D eigenvalue weighted by Gasteiger charge is -2.42. The van der Waals surface area contributed by atoms with Gasteiger partial charge < -0.3 is 21.3 Å². The minimum atomic E-state index is -4.89. The number of benzene rings is 6. The topological polar surface area (TPSA) is 304 Å².